The molecule has 0 saturated carbocycles. The minimum Gasteiger partial charge on any atom is -0.540 e. The Labute approximate surface area is 788 Å². The molecule has 7 aromatic carbocycles. The third-order valence-corrected chi connectivity index (χ3v) is 14.7. The van der Waals surface area contributed by atoms with Gasteiger partial charge in [0.25, 0.3) is 0 Å². The normalized spacial score (nSPS) is 10.0. The molecule has 0 fully saturated rings. The van der Waals surface area contributed by atoms with E-state index in [-0.39, 0.29) is 172 Å². The molecule has 4 N–H and O–H groups in total. The second kappa shape index (κ2) is 62.9. The molecule has 0 aliphatic rings. The van der Waals surface area contributed by atoms with Crippen LogP contribution in [0.3, 0.4) is 0 Å². The third kappa shape index (κ3) is 44.3. The molecule has 23 nitrogen and oxygen atoms in total. The van der Waals surface area contributed by atoms with Crippen LogP contribution in [0.1, 0.15) is 61.0 Å². The van der Waals surface area contributed by atoms with Crippen molar-refractivity contribution in [1.29, 1.82) is 0 Å². The maximum absolute atomic E-state index is 13.3. The first-order chi connectivity index (χ1) is 54.8. The van der Waals surface area contributed by atoms with Gasteiger partial charge in [0.2, 0.25) is 5.88 Å². The predicted octanol–water partition coefficient (Wildman–Crippen LogP) is 17.3. The first-order valence-corrected chi connectivity index (χ1v) is 35.4. The molecule has 0 spiro atoms. The average molecular weight is 2710 g/mol. The van der Waals surface area contributed by atoms with Crippen LogP contribution in [-0.2, 0) is 182 Å². The zero-order valence-corrected chi connectivity index (χ0v) is 84.0. The summed E-state index contributed by atoms with van der Waals surface area (Å²) in [7, 11) is 16.9. The molecule has 656 valence electrons. The van der Waals surface area contributed by atoms with E-state index in [0.29, 0.717) is 5.82 Å². The van der Waals surface area contributed by atoms with Crippen LogP contribution in [0.15, 0.2) is 267 Å². The van der Waals surface area contributed by atoms with E-state index in [1.54, 1.807) is 63.0 Å². The van der Waals surface area contributed by atoms with Crippen molar-refractivity contribution in [1.82, 2.24) is 57.3 Å². The Morgan fingerprint density at radius 2 is 0.777 bits per heavy atom. The molecule has 6 aromatic heterocycles. The second-order valence-corrected chi connectivity index (χ2v) is 24.9. The van der Waals surface area contributed by atoms with E-state index >= 15 is 0 Å². The van der Waals surface area contributed by atoms with Crippen LogP contribution in [-0.4, -0.2) is 129 Å². The van der Waals surface area contributed by atoms with Crippen LogP contribution in [0.5, 0.6) is 11.6 Å². The zero-order chi connectivity index (χ0) is 84.9. The number of ketones is 4. The fourth-order valence-corrected chi connectivity index (χ4v) is 9.68. The van der Waals surface area contributed by atoms with E-state index < -0.39 is 11.6 Å². The van der Waals surface area contributed by atoms with Crippen molar-refractivity contribution in [2.75, 3.05) is 33.2 Å². The predicted molar refractivity (Wildman–Crippen MR) is 445 cm³/mol. The van der Waals surface area contributed by atoms with Crippen molar-refractivity contribution in [2.45, 2.75) is 61.9 Å². The molecule has 0 aliphatic carbocycles. The molecular formula is C90H97F2Ir6N13O10-6. The van der Waals surface area contributed by atoms with Gasteiger partial charge in [0.1, 0.15) is 0 Å². The van der Waals surface area contributed by atoms with Crippen molar-refractivity contribution in [3.63, 3.8) is 0 Å². The Kier molecular flexibility index (Phi) is 59.7. The number of methoxy groups -OCH3 is 2. The minimum absolute atomic E-state index is 0. The molecule has 121 heavy (non-hydrogen) atoms. The summed E-state index contributed by atoms with van der Waals surface area (Å²) in [5.74, 6) is 5.08. The molecule has 31 heteroatoms. The topological polar surface area (TPSA) is 278 Å². The molecule has 0 saturated heterocycles. The van der Waals surface area contributed by atoms with Gasteiger partial charge in [0.05, 0.1) is 78.4 Å². The molecule has 0 unspecified atom stereocenters. The number of nitrogens with zero attached hydrogens (tertiary/aromatic N) is 13. The molecule has 6 radical (unpaired) electrons. The van der Waals surface area contributed by atoms with Gasteiger partial charge in [-0.05, 0) is 80.7 Å². The number of aromatic nitrogens is 12. The summed E-state index contributed by atoms with van der Waals surface area (Å²) >= 11 is 0. The van der Waals surface area contributed by atoms with Crippen LogP contribution in [0.25, 0.3) is 68.3 Å². The van der Waals surface area contributed by atoms with Crippen LogP contribution in [0.4, 0.5) is 14.5 Å². The maximum atomic E-state index is 13.3. The second-order valence-electron chi connectivity index (χ2n) is 24.9. The SMILES string of the molecule is CC(=O)C=C(C)O.CC(=O)C=C(C)O.CC(=O)C=C(C)O.CC(=O)C=C(C)O.CN(C)c1c[c-]c(-c2nccn2C)cc1.COc1c[c-]c(-c2nccn2C)cc1.COc1cnc(-c2[c-]cccc2)n1C.Cn1ccnc1-c1[c-]cc(F)cc1F.Cn1ccnc1-c1[c-]cccc1.[Ir].[Ir].[Ir].[Ir].[Ir].[Ir].[c-]1ccccc1-c1nccn1Cc1ccccc1. The van der Waals surface area contributed by atoms with Gasteiger partial charge in [-0.15, -0.1) is 179 Å². The summed E-state index contributed by atoms with van der Waals surface area (Å²) in [5.41, 5.74) is 7.62. The number of anilines is 1. The number of aliphatic hydroxyl groups excluding tert-OH is 4. The zero-order valence-electron chi connectivity index (χ0n) is 69.6. The summed E-state index contributed by atoms with van der Waals surface area (Å²) in [5, 5.41) is 33.5. The van der Waals surface area contributed by atoms with Crippen molar-refractivity contribution < 1.29 is 178 Å². The van der Waals surface area contributed by atoms with Crippen molar-refractivity contribution >= 4 is 28.8 Å². The van der Waals surface area contributed by atoms with Gasteiger partial charge in [-0.1, -0.05) is 42.0 Å². The Morgan fingerprint density at radius 1 is 0.413 bits per heavy atom. The number of hydrogen-bond donors (Lipinski definition) is 4. The van der Waals surface area contributed by atoms with Crippen LogP contribution < -0.4 is 14.4 Å². The summed E-state index contributed by atoms with van der Waals surface area (Å²) < 4.78 is 47.7. The van der Waals surface area contributed by atoms with Gasteiger partial charge in [-0.2, -0.15) is 0 Å². The Morgan fingerprint density at radius 3 is 1.08 bits per heavy atom. The van der Waals surface area contributed by atoms with E-state index in [1.807, 2.05) is 201 Å². The van der Waals surface area contributed by atoms with Gasteiger partial charge in [0, 0.05) is 266 Å². The summed E-state index contributed by atoms with van der Waals surface area (Å²) in [6.45, 7) is 12.2. The van der Waals surface area contributed by atoms with E-state index in [9.17, 15) is 28.0 Å². The maximum Gasteiger partial charge on any atom is 0.204 e. The van der Waals surface area contributed by atoms with Gasteiger partial charge in [0.15, 0.2) is 23.1 Å². The summed E-state index contributed by atoms with van der Waals surface area (Å²) in [6, 6.07) is 65.9. The molecule has 0 bridgehead atoms. The number of carbonyl (C=O) groups excluding carboxylic acids is 4. The number of hydrogen-bond acceptors (Lipinski definition) is 17. The first kappa shape index (κ1) is 115. The van der Waals surface area contributed by atoms with Crippen molar-refractivity contribution in [2.24, 2.45) is 35.2 Å². The smallest absolute Gasteiger partial charge is 0.204 e. The summed E-state index contributed by atoms with van der Waals surface area (Å²) in [6.07, 6.45) is 24.6. The van der Waals surface area contributed by atoms with Gasteiger partial charge < -0.3 is 62.2 Å². The number of imidazole rings is 6. The number of ether oxygens (including phenoxy) is 2. The number of carbonyl (C=O) groups is 4. The number of allylic oxidation sites excluding steroid dienone is 8. The van der Waals surface area contributed by atoms with Gasteiger partial charge >= 0.3 is 0 Å². The molecule has 13 rings (SSSR count). The Balaban J connectivity index is -0.00000129. The molecular weight excluding hydrogens is 2610 g/mol. The third-order valence-electron chi connectivity index (χ3n) is 14.7. The Hall–Kier alpha value is -10.2. The van der Waals surface area contributed by atoms with Crippen LogP contribution >= 0.6 is 0 Å². The number of aliphatic hydroxyl groups is 4. The minimum atomic E-state index is -0.653. The largest absolute Gasteiger partial charge is 0.540 e. The van der Waals surface area contributed by atoms with Crippen molar-refractivity contribution in [3.8, 4) is 80.0 Å². The average Bonchev–Trinajstić information content (AvgIpc) is 1.80. The quantitative estimate of drug-likeness (QED) is 0.0422. The number of aryl methyl sites for hydroxylation is 4. The van der Waals surface area contributed by atoms with Crippen LogP contribution in [0, 0.1) is 48.0 Å². The number of halogens is 2. The van der Waals surface area contributed by atoms with E-state index in [1.165, 1.54) is 85.3 Å². The standard InChI is InChI=1S/C16H13N2.C12H14N3.2C11H11N2O.C10H7F2N2.C10H9N2.4C5H8O2.6Ir/c1-3-7-14(8-4-1)13-18-12-11-17-16(18)15-9-5-2-6-10-15;1-14(2)11-6-4-10(5-7-11)12-13-8-9-15(12)3;1-13-8-7-12-11(13)9-3-5-10(14-2)6-4-9;1-13-10(14-2)8-12-11(13)9-6-4-3-5-7-9;1-14-5-4-13-10(14)8-3-2-7(11)6-9(8)12;1-12-8-7-11-10(12)9-5-3-2-4-6-9;4*1-4(6)3-5(2)7;;;;;;/h1-9,11-12H,13H2;4,6-9H,1-3H3;3,5-8H,1-2H3;3-6,8H,1-2H3;2,4-6H,1H3;2-5,7-8H,1H3;4*3,6H,1-2H3;;;;;;/q6*-1;;;;;;;;;;. The molecule has 13 aromatic rings. The van der Waals surface area contributed by atoms with Gasteiger partial charge in [-0.3, -0.25) is 57.9 Å². The van der Waals surface area contributed by atoms with E-state index in [4.69, 9.17) is 29.9 Å². The molecule has 0 amide bonds. The monoisotopic (exact) mass is 2720 g/mol. The van der Waals surface area contributed by atoms with E-state index in [2.05, 4.69) is 106 Å². The van der Waals surface area contributed by atoms with Gasteiger partial charge in [-0.25, -0.2) is 0 Å². The molecule has 6 heterocycles. The number of benzene rings is 7. The molecule has 0 aliphatic heterocycles. The summed E-state index contributed by atoms with van der Waals surface area (Å²) in [4.78, 5) is 67.5. The number of rotatable bonds is 15. The Bertz CT molecular complexity index is 5080. The fraction of sp³-hybridized carbons (Fsp3) is 0.200. The van der Waals surface area contributed by atoms with E-state index in [0.717, 1.165) is 92.9 Å². The fourth-order valence-electron chi connectivity index (χ4n) is 9.68. The van der Waals surface area contributed by atoms with Crippen LogP contribution in [0.2, 0.25) is 0 Å². The first-order valence-electron chi connectivity index (χ1n) is 35.4. The van der Waals surface area contributed by atoms with Crippen molar-refractivity contribution in [3.05, 3.63) is 321 Å². The molecule has 0 atom stereocenters.